The van der Waals surface area contributed by atoms with E-state index in [1.807, 2.05) is 18.2 Å². The van der Waals surface area contributed by atoms with Gasteiger partial charge in [0.25, 0.3) is 0 Å². The molecule has 0 spiro atoms. The molecule has 5 heteroatoms. The van der Waals surface area contributed by atoms with Crippen LogP contribution in [0.1, 0.15) is 25.0 Å². The molecule has 1 aliphatic rings. The second-order valence-electron chi connectivity index (χ2n) is 4.62. The summed E-state index contributed by atoms with van der Waals surface area (Å²) in [5.41, 5.74) is 0.724. The van der Waals surface area contributed by atoms with Gasteiger partial charge in [0.2, 0.25) is 5.91 Å². The molecule has 0 N–H and O–H groups in total. The molecule has 0 aromatic carbocycles. The van der Waals surface area contributed by atoms with Gasteiger partial charge in [-0.25, -0.2) is 4.79 Å². The van der Waals surface area contributed by atoms with Gasteiger partial charge < -0.3 is 9.64 Å². The highest BCUT2D eigenvalue weighted by Crippen LogP contribution is 2.19. The molecule has 19 heavy (non-hydrogen) atoms. The number of aromatic nitrogens is 1. The number of amides is 1. The van der Waals surface area contributed by atoms with Crippen LogP contribution in [0.4, 0.5) is 0 Å². The minimum atomic E-state index is -0.435. The van der Waals surface area contributed by atoms with Gasteiger partial charge in [-0.15, -0.1) is 0 Å². The van der Waals surface area contributed by atoms with Crippen LogP contribution in [0, 0.1) is 0 Å². The summed E-state index contributed by atoms with van der Waals surface area (Å²) in [7, 11) is 1.36. The van der Waals surface area contributed by atoms with Crippen LogP contribution in [0.5, 0.6) is 0 Å². The number of piperidine rings is 1. The molecule has 0 saturated carbocycles. The lowest BCUT2D eigenvalue weighted by Crippen LogP contribution is -2.49. The molecule has 1 aliphatic heterocycles. The molecule has 0 radical (unpaired) electrons. The Morgan fingerprint density at radius 1 is 1.42 bits per heavy atom. The molecule has 0 aliphatic carbocycles. The lowest BCUT2D eigenvalue weighted by Gasteiger charge is -2.33. The van der Waals surface area contributed by atoms with E-state index in [1.54, 1.807) is 11.1 Å². The van der Waals surface area contributed by atoms with Crippen molar-refractivity contribution in [2.45, 2.75) is 31.7 Å². The van der Waals surface area contributed by atoms with Crippen LogP contribution < -0.4 is 0 Å². The smallest absolute Gasteiger partial charge is 0.328 e. The highest BCUT2D eigenvalue weighted by Gasteiger charge is 2.32. The summed E-state index contributed by atoms with van der Waals surface area (Å²) in [5, 5.41) is 0. The predicted molar refractivity (Wildman–Crippen MR) is 69.3 cm³/mol. The summed E-state index contributed by atoms with van der Waals surface area (Å²) in [6.07, 6.45) is 4.46. The van der Waals surface area contributed by atoms with E-state index in [4.69, 9.17) is 4.74 Å². The number of likely N-dealkylation sites (tertiary alicyclic amines) is 1. The second-order valence-corrected chi connectivity index (χ2v) is 4.62. The van der Waals surface area contributed by atoms with Crippen molar-refractivity contribution in [1.29, 1.82) is 0 Å². The van der Waals surface area contributed by atoms with Crippen molar-refractivity contribution in [2.75, 3.05) is 13.7 Å². The number of carbonyl (C=O) groups is 2. The molecule has 1 fully saturated rings. The molecule has 102 valence electrons. The standard InChI is InChI=1S/C14H18N2O3/c1-19-14(18)12-7-3-5-9-16(12)13(17)10-11-6-2-4-8-15-11/h2,4,6,8,12H,3,5,7,9-10H2,1H3. The number of carbonyl (C=O) groups excluding carboxylic acids is 2. The third kappa shape index (κ3) is 3.30. The summed E-state index contributed by atoms with van der Waals surface area (Å²) < 4.78 is 4.77. The zero-order chi connectivity index (χ0) is 13.7. The minimum Gasteiger partial charge on any atom is -0.467 e. The van der Waals surface area contributed by atoms with Gasteiger partial charge in [0.1, 0.15) is 6.04 Å². The van der Waals surface area contributed by atoms with Crippen molar-refractivity contribution in [1.82, 2.24) is 9.88 Å². The molecule has 1 aromatic heterocycles. The zero-order valence-corrected chi connectivity index (χ0v) is 11.0. The Labute approximate surface area is 112 Å². The van der Waals surface area contributed by atoms with Crippen molar-refractivity contribution in [3.63, 3.8) is 0 Å². The van der Waals surface area contributed by atoms with E-state index in [0.717, 1.165) is 18.5 Å². The number of hydrogen-bond donors (Lipinski definition) is 0. The van der Waals surface area contributed by atoms with Gasteiger partial charge in [0, 0.05) is 18.4 Å². The first-order chi connectivity index (χ1) is 9.22. The summed E-state index contributed by atoms with van der Waals surface area (Å²) in [6.45, 7) is 0.617. The minimum absolute atomic E-state index is 0.0613. The number of rotatable bonds is 3. The van der Waals surface area contributed by atoms with E-state index in [-0.39, 0.29) is 18.3 Å². The summed E-state index contributed by atoms with van der Waals surface area (Å²) in [6, 6.07) is 5.04. The molecule has 1 amide bonds. The monoisotopic (exact) mass is 262 g/mol. The molecule has 0 bridgehead atoms. The van der Waals surface area contributed by atoms with Crippen molar-refractivity contribution in [3.8, 4) is 0 Å². The lowest BCUT2D eigenvalue weighted by atomic mass is 10.0. The number of hydrogen-bond acceptors (Lipinski definition) is 4. The van der Waals surface area contributed by atoms with Crippen LogP contribution in [-0.2, 0) is 20.7 Å². The van der Waals surface area contributed by atoms with Crippen molar-refractivity contribution >= 4 is 11.9 Å². The highest BCUT2D eigenvalue weighted by atomic mass is 16.5. The Kier molecular flexibility index (Phi) is 4.49. The van der Waals surface area contributed by atoms with E-state index in [9.17, 15) is 9.59 Å². The first kappa shape index (κ1) is 13.5. The SMILES string of the molecule is COC(=O)C1CCCCN1C(=O)Cc1ccccn1. The Balaban J connectivity index is 2.05. The van der Waals surface area contributed by atoms with Gasteiger partial charge in [-0.2, -0.15) is 0 Å². The molecule has 1 unspecified atom stereocenters. The van der Waals surface area contributed by atoms with Gasteiger partial charge in [-0.3, -0.25) is 9.78 Å². The summed E-state index contributed by atoms with van der Waals surface area (Å²) >= 11 is 0. The van der Waals surface area contributed by atoms with Gasteiger partial charge in [-0.05, 0) is 31.4 Å². The van der Waals surface area contributed by atoms with Crippen molar-refractivity contribution < 1.29 is 14.3 Å². The number of ether oxygens (including phenoxy) is 1. The quantitative estimate of drug-likeness (QED) is 0.767. The van der Waals surface area contributed by atoms with Crippen LogP contribution in [0.15, 0.2) is 24.4 Å². The fraction of sp³-hybridized carbons (Fsp3) is 0.500. The van der Waals surface area contributed by atoms with Gasteiger partial charge in [0.05, 0.1) is 13.5 Å². The van der Waals surface area contributed by atoms with E-state index < -0.39 is 6.04 Å². The number of esters is 1. The van der Waals surface area contributed by atoms with E-state index >= 15 is 0 Å². The molecular formula is C14H18N2O3. The van der Waals surface area contributed by atoms with Crippen LogP contribution in [-0.4, -0.2) is 41.5 Å². The third-order valence-electron chi connectivity index (χ3n) is 3.35. The predicted octanol–water partition coefficient (Wildman–Crippen LogP) is 1.18. The Morgan fingerprint density at radius 3 is 2.95 bits per heavy atom. The molecular weight excluding hydrogens is 244 g/mol. The molecule has 1 saturated heterocycles. The molecule has 5 nitrogen and oxygen atoms in total. The van der Waals surface area contributed by atoms with Gasteiger partial charge in [-0.1, -0.05) is 6.07 Å². The average molecular weight is 262 g/mol. The molecule has 1 aromatic rings. The number of nitrogens with zero attached hydrogens (tertiary/aromatic N) is 2. The molecule has 2 rings (SSSR count). The largest absolute Gasteiger partial charge is 0.467 e. The fourth-order valence-electron chi connectivity index (χ4n) is 2.37. The maximum absolute atomic E-state index is 12.3. The second kappa shape index (κ2) is 6.31. The van der Waals surface area contributed by atoms with Crippen molar-refractivity contribution in [3.05, 3.63) is 30.1 Å². The van der Waals surface area contributed by atoms with Gasteiger partial charge in [0.15, 0.2) is 0 Å². The normalized spacial score (nSPS) is 19.0. The van der Waals surface area contributed by atoms with Crippen molar-refractivity contribution in [2.24, 2.45) is 0 Å². The lowest BCUT2D eigenvalue weighted by molar-refractivity contribution is -0.154. The summed E-state index contributed by atoms with van der Waals surface area (Å²) in [4.78, 5) is 29.7. The first-order valence-corrected chi connectivity index (χ1v) is 6.49. The Bertz CT molecular complexity index is 447. The zero-order valence-electron chi connectivity index (χ0n) is 11.0. The molecule has 2 heterocycles. The average Bonchev–Trinajstić information content (AvgIpc) is 2.47. The fourth-order valence-corrected chi connectivity index (χ4v) is 2.37. The molecule has 1 atom stereocenters. The Hall–Kier alpha value is -1.91. The summed E-state index contributed by atoms with van der Waals surface area (Å²) in [5.74, 6) is -0.386. The van der Waals surface area contributed by atoms with Crippen LogP contribution >= 0.6 is 0 Å². The van der Waals surface area contributed by atoms with Gasteiger partial charge >= 0.3 is 5.97 Å². The first-order valence-electron chi connectivity index (χ1n) is 6.49. The Morgan fingerprint density at radius 2 is 2.26 bits per heavy atom. The van der Waals surface area contributed by atoms with Crippen LogP contribution in [0.2, 0.25) is 0 Å². The maximum atomic E-state index is 12.3. The van der Waals surface area contributed by atoms with E-state index in [1.165, 1.54) is 7.11 Å². The van der Waals surface area contributed by atoms with Crippen LogP contribution in [0.25, 0.3) is 0 Å². The van der Waals surface area contributed by atoms with E-state index in [0.29, 0.717) is 13.0 Å². The van der Waals surface area contributed by atoms with Crippen LogP contribution in [0.3, 0.4) is 0 Å². The number of pyridine rings is 1. The third-order valence-corrected chi connectivity index (χ3v) is 3.35. The maximum Gasteiger partial charge on any atom is 0.328 e. The van der Waals surface area contributed by atoms with E-state index in [2.05, 4.69) is 4.98 Å². The highest BCUT2D eigenvalue weighted by molar-refractivity contribution is 5.85. The number of methoxy groups -OCH3 is 1. The topological polar surface area (TPSA) is 59.5 Å².